The van der Waals surface area contributed by atoms with E-state index >= 15 is 0 Å². The van der Waals surface area contributed by atoms with Gasteiger partial charge < -0.3 is 19.6 Å². The first-order chi connectivity index (χ1) is 9.52. The van der Waals surface area contributed by atoms with E-state index in [9.17, 15) is 9.59 Å². The van der Waals surface area contributed by atoms with Crippen LogP contribution in [-0.2, 0) is 17.8 Å². The van der Waals surface area contributed by atoms with Crippen LogP contribution in [0, 0.1) is 0 Å². The second-order valence-corrected chi connectivity index (χ2v) is 4.75. The molecule has 8 nitrogen and oxygen atoms in total. The maximum atomic E-state index is 12.1. The molecule has 0 saturated carbocycles. The molecule has 20 heavy (non-hydrogen) atoms. The maximum absolute atomic E-state index is 12.1. The highest BCUT2D eigenvalue weighted by Gasteiger charge is 2.32. The SMILES string of the molecule is CCc1noc(CNC(=O)N2CCN(C)C(=O)[C@H]2C)n1. The standard InChI is InChI=1S/C12H19N5O3/c1-4-9-14-10(20-15-9)7-13-12(19)17-6-5-16(3)11(18)8(17)2/h8H,4-7H2,1-3H3,(H,13,19)/t8-/m1/s1. The molecule has 8 heteroatoms. The number of carbonyl (C=O) groups is 2. The molecule has 110 valence electrons. The Kier molecular flexibility index (Phi) is 4.21. The van der Waals surface area contributed by atoms with Crippen LogP contribution in [0.15, 0.2) is 4.52 Å². The molecule has 0 unspecified atom stereocenters. The van der Waals surface area contributed by atoms with Crippen LogP contribution in [0.3, 0.4) is 0 Å². The van der Waals surface area contributed by atoms with Gasteiger partial charge in [-0.1, -0.05) is 12.1 Å². The molecule has 3 amide bonds. The molecule has 2 rings (SSSR count). The van der Waals surface area contributed by atoms with Crippen molar-refractivity contribution < 1.29 is 14.1 Å². The number of hydrogen-bond donors (Lipinski definition) is 1. The molecule has 0 aliphatic carbocycles. The van der Waals surface area contributed by atoms with Gasteiger partial charge in [0.1, 0.15) is 6.04 Å². The van der Waals surface area contributed by atoms with Gasteiger partial charge in [-0.05, 0) is 6.92 Å². The number of carbonyl (C=O) groups excluding carboxylic acids is 2. The van der Waals surface area contributed by atoms with Gasteiger partial charge in [0.05, 0.1) is 6.54 Å². The third-order valence-corrected chi connectivity index (χ3v) is 3.36. The average molecular weight is 281 g/mol. The second kappa shape index (κ2) is 5.89. The van der Waals surface area contributed by atoms with Crippen molar-refractivity contribution >= 4 is 11.9 Å². The highest BCUT2D eigenvalue weighted by Crippen LogP contribution is 2.09. The van der Waals surface area contributed by atoms with Crippen LogP contribution in [0.25, 0.3) is 0 Å². The van der Waals surface area contributed by atoms with E-state index in [1.54, 1.807) is 18.9 Å². The molecular formula is C12H19N5O3. The summed E-state index contributed by atoms with van der Waals surface area (Å²) in [5, 5.41) is 6.44. The summed E-state index contributed by atoms with van der Waals surface area (Å²) in [5.41, 5.74) is 0. The van der Waals surface area contributed by atoms with Crippen molar-refractivity contribution in [2.45, 2.75) is 32.9 Å². The number of amides is 3. The van der Waals surface area contributed by atoms with E-state index < -0.39 is 6.04 Å². The molecule has 1 aromatic rings. The molecule has 1 aliphatic heterocycles. The van der Waals surface area contributed by atoms with E-state index in [1.807, 2.05) is 6.92 Å². The van der Waals surface area contributed by atoms with E-state index in [0.717, 1.165) is 0 Å². The van der Waals surface area contributed by atoms with Crippen molar-refractivity contribution in [1.29, 1.82) is 0 Å². The first-order valence-corrected chi connectivity index (χ1v) is 6.63. The number of aryl methyl sites for hydroxylation is 1. The number of nitrogens with one attached hydrogen (secondary N) is 1. The number of hydrogen-bond acceptors (Lipinski definition) is 5. The molecule has 0 bridgehead atoms. The lowest BCUT2D eigenvalue weighted by atomic mass is 10.2. The Morgan fingerprint density at radius 3 is 2.90 bits per heavy atom. The number of piperazine rings is 1. The molecule has 2 heterocycles. The minimum Gasteiger partial charge on any atom is -0.342 e. The first-order valence-electron chi connectivity index (χ1n) is 6.63. The molecule has 1 aliphatic rings. The third kappa shape index (κ3) is 2.89. The smallest absolute Gasteiger partial charge is 0.318 e. The predicted octanol–water partition coefficient (Wildman–Crippen LogP) is 0.00410. The zero-order valence-corrected chi connectivity index (χ0v) is 11.9. The summed E-state index contributed by atoms with van der Waals surface area (Å²) < 4.78 is 4.99. The molecule has 1 atom stereocenters. The molecule has 1 saturated heterocycles. The van der Waals surface area contributed by atoms with Crippen LogP contribution >= 0.6 is 0 Å². The summed E-state index contributed by atoms with van der Waals surface area (Å²) in [6.45, 7) is 4.86. The van der Waals surface area contributed by atoms with E-state index in [-0.39, 0.29) is 18.5 Å². The maximum Gasteiger partial charge on any atom is 0.318 e. The summed E-state index contributed by atoms with van der Waals surface area (Å²) in [6, 6.07) is -0.752. The summed E-state index contributed by atoms with van der Waals surface area (Å²) in [6.07, 6.45) is 0.682. The lowest BCUT2D eigenvalue weighted by molar-refractivity contribution is -0.137. The molecule has 0 spiro atoms. The molecule has 0 aromatic carbocycles. The number of urea groups is 1. The van der Waals surface area contributed by atoms with Crippen LogP contribution in [0.2, 0.25) is 0 Å². The molecule has 1 N–H and O–H groups in total. The van der Waals surface area contributed by atoms with E-state index in [1.165, 1.54) is 4.90 Å². The average Bonchev–Trinajstić information content (AvgIpc) is 2.90. The van der Waals surface area contributed by atoms with Gasteiger partial charge in [0.15, 0.2) is 5.82 Å². The number of likely N-dealkylation sites (N-methyl/N-ethyl adjacent to an activating group) is 1. The largest absolute Gasteiger partial charge is 0.342 e. The van der Waals surface area contributed by atoms with Gasteiger partial charge in [-0.3, -0.25) is 4.79 Å². The van der Waals surface area contributed by atoms with Crippen molar-refractivity contribution in [3.63, 3.8) is 0 Å². The molecule has 0 radical (unpaired) electrons. The zero-order valence-electron chi connectivity index (χ0n) is 11.9. The van der Waals surface area contributed by atoms with Crippen LogP contribution in [0.5, 0.6) is 0 Å². The zero-order chi connectivity index (χ0) is 14.7. The van der Waals surface area contributed by atoms with E-state index in [0.29, 0.717) is 31.2 Å². The van der Waals surface area contributed by atoms with Crippen molar-refractivity contribution in [2.75, 3.05) is 20.1 Å². The van der Waals surface area contributed by atoms with Crippen LogP contribution in [0.4, 0.5) is 4.79 Å². The summed E-state index contributed by atoms with van der Waals surface area (Å²) in [5.74, 6) is 0.915. The van der Waals surface area contributed by atoms with Gasteiger partial charge in [-0.15, -0.1) is 0 Å². The number of aromatic nitrogens is 2. The molecule has 1 fully saturated rings. The fourth-order valence-corrected chi connectivity index (χ4v) is 2.05. The predicted molar refractivity (Wildman–Crippen MR) is 69.7 cm³/mol. The number of rotatable bonds is 3. The van der Waals surface area contributed by atoms with E-state index in [4.69, 9.17) is 4.52 Å². The van der Waals surface area contributed by atoms with Gasteiger partial charge >= 0.3 is 6.03 Å². The highest BCUT2D eigenvalue weighted by atomic mass is 16.5. The topological polar surface area (TPSA) is 91.6 Å². The Labute approximate surface area is 117 Å². The Balaban J connectivity index is 1.90. The van der Waals surface area contributed by atoms with Gasteiger partial charge in [0.25, 0.3) is 0 Å². The van der Waals surface area contributed by atoms with Crippen LogP contribution in [0.1, 0.15) is 25.6 Å². The minimum atomic E-state index is -0.456. The Bertz CT molecular complexity index is 501. The monoisotopic (exact) mass is 281 g/mol. The van der Waals surface area contributed by atoms with Crippen LogP contribution < -0.4 is 5.32 Å². The summed E-state index contributed by atoms with van der Waals surface area (Å²) in [4.78, 5) is 31.1. The quantitative estimate of drug-likeness (QED) is 0.842. The molecular weight excluding hydrogens is 262 g/mol. The third-order valence-electron chi connectivity index (χ3n) is 3.36. The second-order valence-electron chi connectivity index (χ2n) is 4.75. The van der Waals surface area contributed by atoms with Gasteiger partial charge in [-0.25, -0.2) is 4.79 Å². The first kappa shape index (κ1) is 14.3. The highest BCUT2D eigenvalue weighted by molar-refractivity contribution is 5.87. The minimum absolute atomic E-state index is 0.0579. The Hall–Kier alpha value is -2.12. The van der Waals surface area contributed by atoms with Gasteiger partial charge in [0.2, 0.25) is 11.8 Å². The van der Waals surface area contributed by atoms with Crippen molar-refractivity contribution in [1.82, 2.24) is 25.3 Å². The normalized spacial score (nSPS) is 19.4. The lowest BCUT2D eigenvalue weighted by Gasteiger charge is -2.37. The van der Waals surface area contributed by atoms with Crippen molar-refractivity contribution in [3.8, 4) is 0 Å². The van der Waals surface area contributed by atoms with Crippen molar-refractivity contribution in [2.24, 2.45) is 0 Å². The van der Waals surface area contributed by atoms with Crippen LogP contribution in [-0.4, -0.2) is 58.1 Å². The lowest BCUT2D eigenvalue weighted by Crippen LogP contribution is -2.58. The number of nitrogens with zero attached hydrogens (tertiary/aromatic N) is 4. The van der Waals surface area contributed by atoms with Gasteiger partial charge in [-0.2, -0.15) is 4.98 Å². The fraction of sp³-hybridized carbons (Fsp3) is 0.667. The van der Waals surface area contributed by atoms with E-state index in [2.05, 4.69) is 15.5 Å². The Morgan fingerprint density at radius 1 is 1.50 bits per heavy atom. The summed E-state index contributed by atoms with van der Waals surface area (Å²) >= 11 is 0. The summed E-state index contributed by atoms with van der Waals surface area (Å²) in [7, 11) is 1.73. The molecule has 1 aromatic heterocycles. The van der Waals surface area contributed by atoms with Gasteiger partial charge in [0, 0.05) is 26.6 Å². The fourth-order valence-electron chi connectivity index (χ4n) is 2.05. The Morgan fingerprint density at radius 2 is 2.25 bits per heavy atom. The van der Waals surface area contributed by atoms with Crippen molar-refractivity contribution in [3.05, 3.63) is 11.7 Å².